The average Bonchev–Trinajstić information content (AvgIpc) is 2.76. The number of benzene rings is 1. The second kappa shape index (κ2) is 4.17. The van der Waals surface area contributed by atoms with Crippen molar-refractivity contribution in [2.24, 2.45) is 5.73 Å². The summed E-state index contributed by atoms with van der Waals surface area (Å²) in [4.78, 5) is 0. The van der Waals surface area contributed by atoms with Crippen LogP contribution in [0.5, 0.6) is 0 Å². The standard InChI is InChI=1S/C12H9FN2O/c13-10-4-8(6-14)3-9(5-10)11-1-2-16-12(11)7-15/h1-5H,7,15H2. The number of hydrogen-bond acceptors (Lipinski definition) is 3. The van der Waals surface area contributed by atoms with Gasteiger partial charge < -0.3 is 10.2 Å². The molecular formula is C12H9FN2O. The topological polar surface area (TPSA) is 63.0 Å². The molecule has 80 valence electrons. The van der Waals surface area contributed by atoms with E-state index in [2.05, 4.69) is 0 Å². The fourth-order valence-corrected chi connectivity index (χ4v) is 1.57. The molecule has 2 rings (SSSR count). The van der Waals surface area contributed by atoms with Crippen LogP contribution in [0.15, 0.2) is 34.9 Å². The molecule has 4 heteroatoms. The van der Waals surface area contributed by atoms with Crippen LogP contribution >= 0.6 is 0 Å². The van der Waals surface area contributed by atoms with Crippen molar-refractivity contribution in [2.45, 2.75) is 6.54 Å². The summed E-state index contributed by atoms with van der Waals surface area (Å²) in [5, 5.41) is 8.75. The van der Waals surface area contributed by atoms with Gasteiger partial charge in [0.05, 0.1) is 24.4 Å². The lowest BCUT2D eigenvalue weighted by molar-refractivity contribution is 0.513. The van der Waals surface area contributed by atoms with E-state index < -0.39 is 5.82 Å². The number of rotatable bonds is 2. The summed E-state index contributed by atoms with van der Waals surface area (Å²) in [6, 6.07) is 7.75. The Morgan fingerprint density at radius 3 is 2.88 bits per heavy atom. The maximum Gasteiger partial charge on any atom is 0.125 e. The van der Waals surface area contributed by atoms with Crippen LogP contribution in [0.3, 0.4) is 0 Å². The Morgan fingerprint density at radius 1 is 1.38 bits per heavy atom. The predicted octanol–water partition coefficient (Wildman–Crippen LogP) is 2.42. The second-order valence-corrected chi connectivity index (χ2v) is 3.30. The van der Waals surface area contributed by atoms with E-state index in [9.17, 15) is 4.39 Å². The zero-order valence-electron chi connectivity index (χ0n) is 8.40. The molecule has 0 saturated carbocycles. The highest BCUT2D eigenvalue weighted by molar-refractivity contribution is 5.67. The van der Waals surface area contributed by atoms with Gasteiger partial charge in [-0.05, 0) is 29.8 Å². The first-order valence-electron chi connectivity index (χ1n) is 4.72. The highest BCUT2D eigenvalue weighted by Crippen LogP contribution is 2.26. The Labute approximate surface area is 91.9 Å². The quantitative estimate of drug-likeness (QED) is 0.838. The van der Waals surface area contributed by atoms with Gasteiger partial charge in [0.2, 0.25) is 0 Å². The van der Waals surface area contributed by atoms with Crippen molar-refractivity contribution in [3.05, 3.63) is 47.7 Å². The smallest absolute Gasteiger partial charge is 0.125 e. The molecule has 16 heavy (non-hydrogen) atoms. The molecule has 0 unspecified atom stereocenters. The van der Waals surface area contributed by atoms with Gasteiger partial charge in [0.1, 0.15) is 11.6 Å². The van der Waals surface area contributed by atoms with Crippen LogP contribution in [0.1, 0.15) is 11.3 Å². The van der Waals surface area contributed by atoms with E-state index in [1.807, 2.05) is 6.07 Å². The number of halogens is 1. The largest absolute Gasteiger partial charge is 0.467 e. The molecular weight excluding hydrogens is 207 g/mol. The first kappa shape index (κ1) is 10.4. The molecule has 0 aliphatic heterocycles. The van der Waals surface area contributed by atoms with Gasteiger partial charge >= 0.3 is 0 Å². The van der Waals surface area contributed by atoms with Crippen LogP contribution in [-0.4, -0.2) is 0 Å². The summed E-state index contributed by atoms with van der Waals surface area (Å²) in [5.74, 6) is 0.132. The van der Waals surface area contributed by atoms with Gasteiger partial charge in [-0.15, -0.1) is 0 Å². The molecule has 0 amide bonds. The number of furan rings is 1. The molecule has 0 saturated heterocycles. The van der Waals surface area contributed by atoms with E-state index in [1.54, 1.807) is 12.1 Å². The fraction of sp³-hybridized carbons (Fsp3) is 0.0833. The Morgan fingerprint density at radius 2 is 2.19 bits per heavy atom. The molecule has 0 radical (unpaired) electrons. The van der Waals surface area contributed by atoms with Crippen molar-refractivity contribution in [3.8, 4) is 17.2 Å². The van der Waals surface area contributed by atoms with E-state index in [0.717, 1.165) is 5.56 Å². The maximum absolute atomic E-state index is 13.2. The molecule has 0 aliphatic rings. The molecule has 0 fully saturated rings. The van der Waals surface area contributed by atoms with Gasteiger partial charge in [0.25, 0.3) is 0 Å². The van der Waals surface area contributed by atoms with Crippen molar-refractivity contribution < 1.29 is 8.81 Å². The van der Waals surface area contributed by atoms with E-state index in [-0.39, 0.29) is 12.1 Å². The summed E-state index contributed by atoms with van der Waals surface area (Å²) in [5.41, 5.74) is 7.09. The van der Waals surface area contributed by atoms with Crippen LogP contribution in [0, 0.1) is 17.1 Å². The minimum atomic E-state index is -0.446. The van der Waals surface area contributed by atoms with Gasteiger partial charge in [0, 0.05) is 5.56 Å². The van der Waals surface area contributed by atoms with E-state index in [0.29, 0.717) is 11.3 Å². The summed E-state index contributed by atoms with van der Waals surface area (Å²) in [7, 11) is 0. The van der Waals surface area contributed by atoms with E-state index in [4.69, 9.17) is 15.4 Å². The maximum atomic E-state index is 13.2. The third-order valence-electron chi connectivity index (χ3n) is 2.27. The summed E-state index contributed by atoms with van der Waals surface area (Å²) < 4.78 is 18.4. The zero-order valence-corrected chi connectivity index (χ0v) is 8.40. The molecule has 1 aromatic heterocycles. The predicted molar refractivity (Wildman–Crippen MR) is 56.7 cm³/mol. The molecule has 3 nitrogen and oxygen atoms in total. The molecule has 0 atom stereocenters. The van der Waals surface area contributed by atoms with Gasteiger partial charge in [0.15, 0.2) is 0 Å². The van der Waals surface area contributed by atoms with Crippen LogP contribution in [0.4, 0.5) is 4.39 Å². The van der Waals surface area contributed by atoms with Gasteiger partial charge in [-0.3, -0.25) is 0 Å². The van der Waals surface area contributed by atoms with Crippen molar-refractivity contribution >= 4 is 0 Å². The van der Waals surface area contributed by atoms with E-state index in [1.165, 1.54) is 18.4 Å². The normalized spacial score (nSPS) is 10.1. The summed E-state index contributed by atoms with van der Waals surface area (Å²) in [6.45, 7) is 0.237. The highest BCUT2D eigenvalue weighted by Gasteiger charge is 2.09. The van der Waals surface area contributed by atoms with Crippen LogP contribution in [0.25, 0.3) is 11.1 Å². The van der Waals surface area contributed by atoms with Crippen molar-refractivity contribution in [3.63, 3.8) is 0 Å². The summed E-state index contributed by atoms with van der Waals surface area (Å²) >= 11 is 0. The first-order chi connectivity index (χ1) is 7.74. The summed E-state index contributed by atoms with van der Waals surface area (Å²) in [6.07, 6.45) is 1.49. The SMILES string of the molecule is N#Cc1cc(F)cc(-c2ccoc2CN)c1. The zero-order chi connectivity index (χ0) is 11.5. The monoisotopic (exact) mass is 216 g/mol. The Kier molecular flexibility index (Phi) is 2.71. The van der Waals surface area contributed by atoms with Crippen LogP contribution < -0.4 is 5.73 Å². The lowest BCUT2D eigenvalue weighted by atomic mass is 10.0. The number of nitriles is 1. The Hall–Kier alpha value is -2.12. The number of nitrogens with zero attached hydrogens (tertiary/aromatic N) is 1. The van der Waals surface area contributed by atoms with Gasteiger partial charge in [-0.2, -0.15) is 5.26 Å². The fourth-order valence-electron chi connectivity index (χ4n) is 1.57. The molecule has 0 spiro atoms. The number of hydrogen-bond donors (Lipinski definition) is 1. The number of nitrogens with two attached hydrogens (primary N) is 1. The lowest BCUT2D eigenvalue weighted by Crippen LogP contribution is -1.96. The Balaban J connectivity index is 2.56. The molecule has 2 N–H and O–H groups in total. The van der Waals surface area contributed by atoms with Crippen molar-refractivity contribution in [2.75, 3.05) is 0 Å². The first-order valence-corrected chi connectivity index (χ1v) is 4.72. The van der Waals surface area contributed by atoms with Crippen LogP contribution in [0.2, 0.25) is 0 Å². The van der Waals surface area contributed by atoms with Crippen molar-refractivity contribution in [1.82, 2.24) is 0 Å². The van der Waals surface area contributed by atoms with E-state index >= 15 is 0 Å². The minimum absolute atomic E-state index is 0.237. The molecule has 0 bridgehead atoms. The van der Waals surface area contributed by atoms with Crippen LogP contribution in [-0.2, 0) is 6.54 Å². The molecule has 2 aromatic rings. The third-order valence-corrected chi connectivity index (χ3v) is 2.27. The molecule has 0 aliphatic carbocycles. The van der Waals surface area contributed by atoms with Gasteiger partial charge in [-0.1, -0.05) is 0 Å². The Bertz CT molecular complexity index is 554. The average molecular weight is 216 g/mol. The minimum Gasteiger partial charge on any atom is -0.467 e. The van der Waals surface area contributed by atoms with Gasteiger partial charge in [-0.25, -0.2) is 4.39 Å². The highest BCUT2D eigenvalue weighted by atomic mass is 19.1. The lowest BCUT2D eigenvalue weighted by Gasteiger charge is -2.01. The third kappa shape index (κ3) is 1.81. The second-order valence-electron chi connectivity index (χ2n) is 3.30. The molecule has 1 aromatic carbocycles. The molecule has 1 heterocycles. The van der Waals surface area contributed by atoms with Crippen molar-refractivity contribution in [1.29, 1.82) is 5.26 Å².